The van der Waals surface area contributed by atoms with Gasteiger partial charge in [0.15, 0.2) is 6.10 Å². The molecule has 0 radical (unpaired) electrons. The van der Waals surface area contributed by atoms with Crippen LogP contribution in [0.3, 0.4) is 0 Å². The van der Waals surface area contributed by atoms with Gasteiger partial charge in [-0.2, -0.15) is 0 Å². The van der Waals surface area contributed by atoms with E-state index in [1.807, 2.05) is 25.7 Å². The fraction of sp³-hybridized carbons (Fsp3) is 0.579. The Labute approximate surface area is 154 Å². The second-order valence-corrected chi connectivity index (χ2v) is 7.98. The van der Waals surface area contributed by atoms with Gasteiger partial charge in [0, 0.05) is 29.6 Å². The number of carbonyl (C=O) groups is 2. The minimum absolute atomic E-state index is 0.0767. The quantitative estimate of drug-likeness (QED) is 0.889. The summed E-state index contributed by atoms with van der Waals surface area (Å²) in [5.74, 6) is 0.630. The molecule has 1 aromatic rings. The van der Waals surface area contributed by atoms with Crippen LogP contribution in [0.1, 0.15) is 40.5 Å². The van der Waals surface area contributed by atoms with Crippen LogP contribution in [0.15, 0.2) is 24.3 Å². The van der Waals surface area contributed by atoms with Gasteiger partial charge in [-0.25, -0.2) is 0 Å². The largest absolute Gasteiger partial charge is 0.481 e. The molecular formula is C19H27ClN2O3. The van der Waals surface area contributed by atoms with Gasteiger partial charge in [0.05, 0.1) is 0 Å². The van der Waals surface area contributed by atoms with E-state index in [1.54, 1.807) is 31.2 Å². The highest BCUT2D eigenvalue weighted by Gasteiger charge is 2.31. The second-order valence-electron chi connectivity index (χ2n) is 7.54. The van der Waals surface area contributed by atoms with Gasteiger partial charge >= 0.3 is 0 Å². The highest BCUT2D eigenvalue weighted by atomic mass is 35.5. The summed E-state index contributed by atoms with van der Waals surface area (Å²) in [6.45, 7) is 8.86. The first-order valence-corrected chi connectivity index (χ1v) is 9.06. The summed E-state index contributed by atoms with van der Waals surface area (Å²) in [5, 5.41) is 3.65. The predicted molar refractivity (Wildman–Crippen MR) is 98.7 cm³/mol. The number of ether oxygens (including phenoxy) is 1. The molecular weight excluding hydrogens is 340 g/mol. The first-order chi connectivity index (χ1) is 11.7. The number of amides is 2. The van der Waals surface area contributed by atoms with Crippen LogP contribution < -0.4 is 10.1 Å². The lowest BCUT2D eigenvalue weighted by Gasteiger charge is -2.36. The van der Waals surface area contributed by atoms with Crippen LogP contribution in [-0.4, -0.2) is 41.9 Å². The molecule has 0 spiro atoms. The topological polar surface area (TPSA) is 58.6 Å². The Morgan fingerprint density at radius 2 is 1.76 bits per heavy atom. The predicted octanol–water partition coefficient (Wildman–Crippen LogP) is 3.26. The zero-order chi connectivity index (χ0) is 18.6. The number of benzene rings is 1. The van der Waals surface area contributed by atoms with Gasteiger partial charge in [0.1, 0.15) is 5.75 Å². The fourth-order valence-electron chi connectivity index (χ4n) is 2.79. The molecule has 0 aliphatic carbocycles. The normalized spacial score (nSPS) is 17.1. The molecule has 1 aliphatic heterocycles. The van der Waals surface area contributed by atoms with Gasteiger partial charge in [0.25, 0.3) is 5.91 Å². The Hall–Kier alpha value is -1.75. The number of hydrogen-bond donors (Lipinski definition) is 1. The van der Waals surface area contributed by atoms with Crippen molar-refractivity contribution in [2.45, 2.75) is 52.7 Å². The number of rotatable bonds is 4. The standard InChI is InChI=1S/C19H27ClN2O3/c1-13(25-16-7-5-14(20)6-8-16)17(23)21-15-9-11-22(12-10-15)18(24)19(2,3)4/h5-8,13,15H,9-12H2,1-4H3,(H,21,23). The maximum absolute atomic E-state index is 12.3. The summed E-state index contributed by atoms with van der Waals surface area (Å²) in [7, 11) is 0. The van der Waals surface area contributed by atoms with Crippen molar-refractivity contribution < 1.29 is 14.3 Å². The van der Waals surface area contributed by atoms with Crippen molar-refractivity contribution in [2.24, 2.45) is 5.41 Å². The fourth-order valence-corrected chi connectivity index (χ4v) is 2.92. The molecule has 138 valence electrons. The summed E-state index contributed by atoms with van der Waals surface area (Å²) in [6.07, 6.45) is 0.943. The molecule has 2 amide bonds. The molecule has 0 saturated carbocycles. The van der Waals surface area contributed by atoms with E-state index in [9.17, 15) is 9.59 Å². The van der Waals surface area contributed by atoms with Gasteiger partial charge in [-0.05, 0) is 44.0 Å². The third-order valence-corrected chi connectivity index (χ3v) is 4.52. The Kier molecular flexibility index (Phi) is 6.33. The summed E-state index contributed by atoms with van der Waals surface area (Å²) in [4.78, 5) is 26.5. The van der Waals surface area contributed by atoms with E-state index in [2.05, 4.69) is 5.32 Å². The number of nitrogens with zero attached hydrogens (tertiary/aromatic N) is 1. The van der Waals surface area contributed by atoms with E-state index in [1.165, 1.54) is 0 Å². The first kappa shape index (κ1) is 19.6. The SMILES string of the molecule is CC(Oc1ccc(Cl)cc1)C(=O)NC1CCN(C(=O)C(C)(C)C)CC1. The minimum atomic E-state index is -0.588. The summed E-state index contributed by atoms with van der Waals surface area (Å²) >= 11 is 5.84. The van der Waals surface area contributed by atoms with Crippen LogP contribution in [0.5, 0.6) is 5.75 Å². The first-order valence-electron chi connectivity index (χ1n) is 8.69. The van der Waals surface area contributed by atoms with Gasteiger partial charge < -0.3 is 15.0 Å². The van der Waals surface area contributed by atoms with Crippen LogP contribution in [0.4, 0.5) is 0 Å². The number of halogens is 1. The monoisotopic (exact) mass is 366 g/mol. The lowest BCUT2D eigenvalue weighted by atomic mass is 9.93. The van der Waals surface area contributed by atoms with E-state index >= 15 is 0 Å². The molecule has 1 heterocycles. The minimum Gasteiger partial charge on any atom is -0.481 e. The molecule has 1 N–H and O–H groups in total. The average molecular weight is 367 g/mol. The zero-order valence-corrected chi connectivity index (χ0v) is 16.1. The highest BCUT2D eigenvalue weighted by molar-refractivity contribution is 6.30. The summed E-state index contributed by atoms with van der Waals surface area (Å²) in [5.41, 5.74) is -0.364. The van der Waals surface area contributed by atoms with Crippen LogP contribution in [0.25, 0.3) is 0 Å². The molecule has 1 saturated heterocycles. The number of carbonyl (C=O) groups excluding carboxylic acids is 2. The van der Waals surface area contributed by atoms with Crippen molar-refractivity contribution in [3.8, 4) is 5.75 Å². The van der Waals surface area contributed by atoms with E-state index in [0.717, 1.165) is 12.8 Å². The van der Waals surface area contributed by atoms with Crippen molar-refractivity contribution in [1.82, 2.24) is 10.2 Å². The maximum Gasteiger partial charge on any atom is 0.260 e. The number of likely N-dealkylation sites (tertiary alicyclic amines) is 1. The molecule has 25 heavy (non-hydrogen) atoms. The lowest BCUT2D eigenvalue weighted by molar-refractivity contribution is -0.140. The van der Waals surface area contributed by atoms with Gasteiger partial charge in [-0.1, -0.05) is 32.4 Å². The van der Waals surface area contributed by atoms with E-state index in [0.29, 0.717) is 23.9 Å². The lowest BCUT2D eigenvalue weighted by Crippen LogP contribution is -2.51. The Morgan fingerprint density at radius 3 is 2.28 bits per heavy atom. The molecule has 1 aromatic carbocycles. The molecule has 2 rings (SSSR count). The molecule has 1 unspecified atom stereocenters. The highest BCUT2D eigenvalue weighted by Crippen LogP contribution is 2.21. The Balaban J connectivity index is 1.80. The molecule has 5 nitrogen and oxygen atoms in total. The van der Waals surface area contributed by atoms with Crippen molar-refractivity contribution in [2.75, 3.05) is 13.1 Å². The van der Waals surface area contributed by atoms with Crippen molar-refractivity contribution in [3.63, 3.8) is 0 Å². The Bertz CT molecular complexity index is 602. The Morgan fingerprint density at radius 1 is 1.20 bits per heavy atom. The van der Waals surface area contributed by atoms with E-state index < -0.39 is 6.10 Å². The number of nitrogens with one attached hydrogen (secondary N) is 1. The third kappa shape index (κ3) is 5.63. The summed E-state index contributed by atoms with van der Waals surface area (Å²) in [6, 6.07) is 7.01. The molecule has 1 aliphatic rings. The molecule has 1 fully saturated rings. The smallest absolute Gasteiger partial charge is 0.260 e. The van der Waals surface area contributed by atoms with Crippen molar-refractivity contribution >= 4 is 23.4 Å². The van der Waals surface area contributed by atoms with Crippen molar-refractivity contribution in [3.05, 3.63) is 29.3 Å². The molecule has 0 bridgehead atoms. The molecule has 1 atom stereocenters. The van der Waals surface area contributed by atoms with Crippen LogP contribution >= 0.6 is 11.6 Å². The number of hydrogen-bond acceptors (Lipinski definition) is 3. The van der Waals surface area contributed by atoms with Crippen LogP contribution in [-0.2, 0) is 9.59 Å². The molecule has 0 aromatic heterocycles. The third-order valence-electron chi connectivity index (χ3n) is 4.27. The van der Waals surface area contributed by atoms with Gasteiger partial charge in [0.2, 0.25) is 5.91 Å². The van der Waals surface area contributed by atoms with Crippen LogP contribution in [0.2, 0.25) is 5.02 Å². The number of piperidine rings is 1. The summed E-state index contributed by atoms with van der Waals surface area (Å²) < 4.78 is 5.64. The average Bonchev–Trinajstić information content (AvgIpc) is 2.56. The molecule has 6 heteroatoms. The van der Waals surface area contributed by atoms with E-state index in [-0.39, 0.29) is 23.3 Å². The maximum atomic E-state index is 12.3. The second kappa shape index (κ2) is 8.09. The van der Waals surface area contributed by atoms with E-state index in [4.69, 9.17) is 16.3 Å². The van der Waals surface area contributed by atoms with Crippen molar-refractivity contribution in [1.29, 1.82) is 0 Å². The van der Waals surface area contributed by atoms with Gasteiger partial charge in [-0.15, -0.1) is 0 Å². The van der Waals surface area contributed by atoms with Crippen LogP contribution in [0, 0.1) is 5.41 Å². The van der Waals surface area contributed by atoms with Gasteiger partial charge in [-0.3, -0.25) is 9.59 Å². The zero-order valence-electron chi connectivity index (χ0n) is 15.3.